The van der Waals surface area contributed by atoms with Crippen LogP contribution in [0.3, 0.4) is 0 Å². The summed E-state index contributed by atoms with van der Waals surface area (Å²) in [6, 6.07) is 0. The molecule has 3 rings (SSSR count). The number of rotatable bonds is 2. The molecule has 0 saturated carbocycles. The fourth-order valence-corrected chi connectivity index (χ4v) is 1.97. The van der Waals surface area contributed by atoms with E-state index in [9.17, 15) is 0 Å². The minimum atomic E-state index is 0.735. The standard InChI is InChI=1S/C11H10N4/c1-2-3-7-8-4-12-6-10(8)14-11-9(7)5-13-15-11/h4-6H,2-3H2,1H3. The van der Waals surface area contributed by atoms with Gasteiger partial charge in [0.05, 0.1) is 17.7 Å². The Balaban J connectivity index is 2.37. The van der Waals surface area contributed by atoms with Gasteiger partial charge in [-0.05, 0) is 12.0 Å². The Bertz CT molecular complexity index is 596. The van der Waals surface area contributed by atoms with Crippen LogP contribution in [0.2, 0.25) is 0 Å². The topological polar surface area (TPSA) is 50.0 Å². The SMILES string of the molecule is CCCc1c2c(nc3c1=CN=N3)=CN=C2. The lowest BCUT2D eigenvalue weighted by molar-refractivity contribution is 0.907. The van der Waals surface area contributed by atoms with Gasteiger partial charge in [-0.25, -0.2) is 4.98 Å². The lowest BCUT2D eigenvalue weighted by Gasteiger charge is -2.03. The van der Waals surface area contributed by atoms with E-state index < -0.39 is 0 Å². The maximum Gasteiger partial charge on any atom is 0.184 e. The summed E-state index contributed by atoms with van der Waals surface area (Å²) in [6.45, 7) is 2.16. The molecular formula is C11H10N4. The number of hydrogen-bond donors (Lipinski definition) is 0. The molecule has 0 spiro atoms. The third kappa shape index (κ3) is 1.14. The van der Waals surface area contributed by atoms with Gasteiger partial charge in [0, 0.05) is 17.0 Å². The fourth-order valence-electron chi connectivity index (χ4n) is 1.97. The first-order chi connectivity index (χ1) is 7.40. The first-order valence-corrected chi connectivity index (χ1v) is 5.07. The van der Waals surface area contributed by atoms with Gasteiger partial charge in [0.25, 0.3) is 0 Å². The predicted octanol–water partition coefficient (Wildman–Crippen LogP) is 1.04. The molecule has 74 valence electrons. The number of aromatic nitrogens is 1. The Kier molecular flexibility index (Phi) is 1.74. The highest BCUT2D eigenvalue weighted by atomic mass is 15.2. The molecule has 2 aliphatic rings. The quantitative estimate of drug-likeness (QED) is 0.700. The van der Waals surface area contributed by atoms with Crippen molar-refractivity contribution in [2.45, 2.75) is 19.8 Å². The van der Waals surface area contributed by atoms with Crippen LogP contribution in [0.15, 0.2) is 15.2 Å². The zero-order valence-corrected chi connectivity index (χ0v) is 8.44. The molecule has 1 aromatic heterocycles. The molecule has 4 heteroatoms. The smallest absolute Gasteiger partial charge is 0.184 e. The highest BCUT2D eigenvalue weighted by Gasteiger charge is 2.14. The Morgan fingerprint density at radius 1 is 1.27 bits per heavy atom. The summed E-state index contributed by atoms with van der Waals surface area (Å²) in [5.74, 6) is 0.735. The van der Waals surface area contributed by atoms with Gasteiger partial charge in [0.15, 0.2) is 5.82 Å². The van der Waals surface area contributed by atoms with E-state index in [1.165, 1.54) is 5.56 Å². The number of fused-ring (bicyclic) bond motifs is 2. The molecule has 0 unspecified atom stereocenters. The summed E-state index contributed by atoms with van der Waals surface area (Å²) in [5, 5.41) is 9.91. The Morgan fingerprint density at radius 3 is 3.07 bits per heavy atom. The predicted molar refractivity (Wildman–Crippen MR) is 58.5 cm³/mol. The lowest BCUT2D eigenvalue weighted by atomic mass is 10.0. The van der Waals surface area contributed by atoms with Crippen LogP contribution < -0.4 is 10.6 Å². The minimum Gasteiger partial charge on any atom is -0.262 e. The molecule has 4 nitrogen and oxygen atoms in total. The van der Waals surface area contributed by atoms with Crippen LogP contribution in [-0.4, -0.2) is 11.2 Å². The first-order valence-electron chi connectivity index (χ1n) is 5.07. The largest absolute Gasteiger partial charge is 0.262 e. The van der Waals surface area contributed by atoms with Crippen LogP contribution in [0.4, 0.5) is 5.82 Å². The number of azo groups is 1. The zero-order chi connectivity index (χ0) is 10.3. The average Bonchev–Trinajstić information content (AvgIpc) is 2.84. The summed E-state index contributed by atoms with van der Waals surface area (Å²) >= 11 is 0. The molecule has 0 bridgehead atoms. The van der Waals surface area contributed by atoms with Gasteiger partial charge in [0.2, 0.25) is 0 Å². The maximum atomic E-state index is 4.40. The van der Waals surface area contributed by atoms with Crippen LogP contribution in [0.25, 0.3) is 12.4 Å². The molecule has 2 aliphatic heterocycles. The van der Waals surface area contributed by atoms with E-state index in [0.717, 1.165) is 34.8 Å². The molecule has 15 heavy (non-hydrogen) atoms. The van der Waals surface area contributed by atoms with Crippen molar-refractivity contribution < 1.29 is 0 Å². The van der Waals surface area contributed by atoms with E-state index in [1.54, 1.807) is 12.4 Å². The third-order valence-corrected chi connectivity index (χ3v) is 2.63. The Hall–Kier alpha value is -1.84. The summed E-state index contributed by atoms with van der Waals surface area (Å²) in [6.07, 6.45) is 7.57. The van der Waals surface area contributed by atoms with Crippen LogP contribution in [-0.2, 0) is 6.42 Å². The van der Waals surface area contributed by atoms with Crippen molar-refractivity contribution in [3.63, 3.8) is 0 Å². The number of pyridine rings is 1. The third-order valence-electron chi connectivity index (χ3n) is 2.63. The first kappa shape index (κ1) is 8.47. The van der Waals surface area contributed by atoms with Gasteiger partial charge in [-0.3, -0.25) is 4.99 Å². The molecule has 3 heterocycles. The molecule has 0 N–H and O–H groups in total. The number of hydrogen-bond acceptors (Lipinski definition) is 4. The zero-order valence-electron chi connectivity index (χ0n) is 8.44. The van der Waals surface area contributed by atoms with Crippen molar-refractivity contribution in [3.05, 3.63) is 21.7 Å². The Labute approximate surface area is 86.8 Å². The molecule has 0 fully saturated rings. The fraction of sp³-hybridized carbons (Fsp3) is 0.273. The van der Waals surface area contributed by atoms with E-state index in [-0.39, 0.29) is 0 Å². The summed E-state index contributed by atoms with van der Waals surface area (Å²) in [7, 11) is 0. The van der Waals surface area contributed by atoms with Crippen LogP contribution >= 0.6 is 0 Å². The highest BCUT2D eigenvalue weighted by Crippen LogP contribution is 2.12. The summed E-state index contributed by atoms with van der Waals surface area (Å²) < 4.78 is 0. The van der Waals surface area contributed by atoms with E-state index >= 15 is 0 Å². The molecule has 0 atom stereocenters. The van der Waals surface area contributed by atoms with Crippen LogP contribution in [0.1, 0.15) is 24.5 Å². The van der Waals surface area contributed by atoms with Crippen LogP contribution in [0.5, 0.6) is 0 Å². The van der Waals surface area contributed by atoms with Crippen molar-refractivity contribution in [1.82, 2.24) is 4.98 Å². The average molecular weight is 198 g/mol. The van der Waals surface area contributed by atoms with E-state index in [0.29, 0.717) is 0 Å². The van der Waals surface area contributed by atoms with E-state index in [1.807, 2.05) is 6.21 Å². The molecule has 0 aromatic carbocycles. The minimum absolute atomic E-state index is 0.735. The second-order valence-corrected chi connectivity index (χ2v) is 3.63. The molecular weight excluding hydrogens is 188 g/mol. The number of nitrogens with zero attached hydrogens (tertiary/aromatic N) is 4. The monoisotopic (exact) mass is 198 g/mol. The number of aliphatic imine (C=N–C) groups is 1. The molecule has 0 saturated heterocycles. The lowest BCUT2D eigenvalue weighted by Crippen LogP contribution is -2.23. The molecule has 0 radical (unpaired) electrons. The molecule has 1 aromatic rings. The van der Waals surface area contributed by atoms with Gasteiger partial charge >= 0.3 is 0 Å². The maximum absolute atomic E-state index is 4.40. The van der Waals surface area contributed by atoms with E-state index in [2.05, 4.69) is 27.1 Å². The molecule has 0 amide bonds. The molecule has 0 aliphatic carbocycles. The van der Waals surface area contributed by atoms with Gasteiger partial charge in [-0.15, -0.1) is 5.11 Å². The van der Waals surface area contributed by atoms with Crippen molar-refractivity contribution >= 4 is 24.4 Å². The summed E-state index contributed by atoms with van der Waals surface area (Å²) in [5.41, 5.74) is 2.42. The van der Waals surface area contributed by atoms with Crippen LogP contribution in [0, 0.1) is 0 Å². The normalized spacial score (nSPS) is 14.7. The van der Waals surface area contributed by atoms with Crippen molar-refractivity contribution in [3.8, 4) is 0 Å². The van der Waals surface area contributed by atoms with Gasteiger partial charge in [-0.2, -0.15) is 5.11 Å². The Morgan fingerprint density at radius 2 is 2.20 bits per heavy atom. The second-order valence-electron chi connectivity index (χ2n) is 3.63. The van der Waals surface area contributed by atoms with E-state index in [4.69, 9.17) is 0 Å². The van der Waals surface area contributed by atoms with Crippen molar-refractivity contribution in [1.29, 1.82) is 0 Å². The van der Waals surface area contributed by atoms with Crippen molar-refractivity contribution in [2.75, 3.05) is 0 Å². The van der Waals surface area contributed by atoms with Gasteiger partial charge in [-0.1, -0.05) is 13.3 Å². The highest BCUT2D eigenvalue weighted by molar-refractivity contribution is 5.87. The second kappa shape index (κ2) is 3.08. The van der Waals surface area contributed by atoms with Crippen molar-refractivity contribution in [2.24, 2.45) is 15.2 Å². The van der Waals surface area contributed by atoms with Gasteiger partial charge < -0.3 is 0 Å². The summed E-state index contributed by atoms with van der Waals surface area (Å²) in [4.78, 5) is 8.54. The van der Waals surface area contributed by atoms with Gasteiger partial charge in [0.1, 0.15) is 0 Å².